The monoisotopic (exact) mass is 437 g/mol. The first-order chi connectivity index (χ1) is 15.6. The van der Waals surface area contributed by atoms with Gasteiger partial charge in [-0.05, 0) is 43.2 Å². The lowest BCUT2D eigenvalue weighted by atomic mass is 10.1. The van der Waals surface area contributed by atoms with Crippen molar-refractivity contribution in [1.29, 1.82) is 0 Å². The van der Waals surface area contributed by atoms with Crippen molar-refractivity contribution in [3.05, 3.63) is 65.3 Å². The Labute approximate surface area is 187 Å². The number of ether oxygens (including phenoxy) is 3. The number of hydrogen-bond donors (Lipinski definition) is 0. The van der Waals surface area contributed by atoms with E-state index in [9.17, 15) is 4.79 Å². The van der Waals surface area contributed by atoms with Crippen molar-refractivity contribution >= 4 is 5.91 Å². The maximum absolute atomic E-state index is 12.8. The summed E-state index contributed by atoms with van der Waals surface area (Å²) in [7, 11) is 3.17. The fourth-order valence-electron chi connectivity index (χ4n) is 3.75. The van der Waals surface area contributed by atoms with Crippen molar-refractivity contribution in [3.63, 3.8) is 0 Å². The first-order valence-electron chi connectivity index (χ1n) is 10.6. The zero-order valence-electron chi connectivity index (χ0n) is 18.5. The summed E-state index contributed by atoms with van der Waals surface area (Å²) < 4.78 is 21.6. The number of carbonyl (C=O) groups excluding carboxylic acids is 1. The molecule has 1 amide bonds. The molecule has 2 heterocycles. The number of carbonyl (C=O) groups is 1. The second kappa shape index (κ2) is 9.72. The Morgan fingerprint density at radius 3 is 2.66 bits per heavy atom. The van der Waals surface area contributed by atoms with Crippen LogP contribution in [0.25, 0.3) is 0 Å². The molecule has 0 spiro atoms. The Kier molecular flexibility index (Phi) is 6.58. The summed E-state index contributed by atoms with van der Waals surface area (Å²) in [6.45, 7) is 3.48. The highest BCUT2D eigenvalue weighted by atomic mass is 16.5. The van der Waals surface area contributed by atoms with Crippen LogP contribution in [0.2, 0.25) is 0 Å². The molecule has 2 aromatic carbocycles. The van der Waals surface area contributed by atoms with Crippen LogP contribution in [0.3, 0.4) is 0 Å². The highest BCUT2D eigenvalue weighted by molar-refractivity contribution is 5.79. The number of nitrogens with zero attached hydrogens (tertiary/aromatic N) is 3. The molecule has 0 aliphatic carbocycles. The third kappa shape index (κ3) is 5.01. The van der Waals surface area contributed by atoms with Gasteiger partial charge in [-0.3, -0.25) is 4.79 Å². The van der Waals surface area contributed by atoms with Crippen molar-refractivity contribution in [1.82, 2.24) is 15.0 Å². The molecule has 1 aliphatic heterocycles. The molecule has 3 aromatic rings. The summed E-state index contributed by atoms with van der Waals surface area (Å²) in [6.07, 6.45) is 1.10. The lowest BCUT2D eigenvalue weighted by Gasteiger charge is -2.16. The Morgan fingerprint density at radius 1 is 1.12 bits per heavy atom. The van der Waals surface area contributed by atoms with Gasteiger partial charge in [-0.1, -0.05) is 28.9 Å². The minimum atomic E-state index is 0.0567. The van der Waals surface area contributed by atoms with Crippen LogP contribution in [0.5, 0.6) is 17.2 Å². The van der Waals surface area contributed by atoms with E-state index in [1.54, 1.807) is 14.2 Å². The largest absolute Gasteiger partial charge is 0.493 e. The summed E-state index contributed by atoms with van der Waals surface area (Å²) in [4.78, 5) is 19.1. The van der Waals surface area contributed by atoms with Crippen molar-refractivity contribution in [2.75, 3.05) is 27.3 Å². The van der Waals surface area contributed by atoms with Gasteiger partial charge in [0.2, 0.25) is 5.91 Å². The van der Waals surface area contributed by atoms with Crippen molar-refractivity contribution in [3.8, 4) is 17.2 Å². The predicted octanol–water partition coefficient (Wildman–Crippen LogP) is 3.53. The van der Waals surface area contributed by atoms with E-state index in [2.05, 4.69) is 10.1 Å². The van der Waals surface area contributed by atoms with Crippen molar-refractivity contribution in [2.24, 2.45) is 0 Å². The van der Waals surface area contributed by atoms with Gasteiger partial charge < -0.3 is 23.6 Å². The highest BCUT2D eigenvalue weighted by Crippen LogP contribution is 2.29. The average Bonchev–Trinajstić information content (AvgIpc) is 3.48. The number of amides is 1. The summed E-state index contributed by atoms with van der Waals surface area (Å²) in [5.41, 5.74) is 2.05. The molecule has 4 rings (SSSR count). The number of rotatable bonds is 8. The van der Waals surface area contributed by atoms with E-state index < -0.39 is 0 Å². The van der Waals surface area contributed by atoms with E-state index >= 15 is 0 Å². The zero-order valence-corrected chi connectivity index (χ0v) is 18.5. The second-order valence-electron chi connectivity index (χ2n) is 7.84. The van der Waals surface area contributed by atoms with Gasteiger partial charge in [0, 0.05) is 19.0 Å². The van der Waals surface area contributed by atoms with Crippen LogP contribution in [-0.4, -0.2) is 48.3 Å². The number of hydrogen-bond acceptors (Lipinski definition) is 7. The molecule has 1 fully saturated rings. The Balaban J connectivity index is 1.31. The molecule has 0 bridgehead atoms. The van der Waals surface area contributed by atoms with E-state index in [0.29, 0.717) is 42.7 Å². The third-order valence-corrected chi connectivity index (χ3v) is 5.58. The molecular weight excluding hydrogens is 410 g/mol. The molecule has 1 atom stereocenters. The van der Waals surface area contributed by atoms with E-state index in [-0.39, 0.29) is 18.4 Å². The smallest absolute Gasteiger partial charge is 0.264 e. The molecule has 1 aliphatic rings. The minimum absolute atomic E-state index is 0.0567. The molecule has 168 valence electrons. The second-order valence-corrected chi connectivity index (χ2v) is 7.84. The summed E-state index contributed by atoms with van der Waals surface area (Å²) in [6, 6.07) is 13.3. The van der Waals surface area contributed by atoms with Gasteiger partial charge >= 0.3 is 0 Å². The van der Waals surface area contributed by atoms with Gasteiger partial charge in [-0.25, -0.2) is 0 Å². The summed E-state index contributed by atoms with van der Waals surface area (Å²) >= 11 is 0. The standard InChI is InChI=1S/C24H27N3O5/c1-16-4-7-19(8-5-16)31-15-22-25-24(26-32-22)18-10-11-27(14-18)23(28)13-17-6-9-20(29-2)21(12-17)30-3/h4-9,12,18H,10-11,13-15H2,1-3H3. The quantitative estimate of drug-likeness (QED) is 0.533. The number of methoxy groups -OCH3 is 2. The van der Waals surface area contributed by atoms with E-state index in [1.807, 2.05) is 54.3 Å². The van der Waals surface area contributed by atoms with Gasteiger partial charge in [0.05, 0.1) is 20.6 Å². The molecule has 0 N–H and O–H groups in total. The van der Waals surface area contributed by atoms with Crippen molar-refractivity contribution in [2.45, 2.75) is 32.3 Å². The number of aryl methyl sites for hydroxylation is 1. The van der Waals surface area contributed by atoms with E-state index in [4.69, 9.17) is 18.7 Å². The zero-order chi connectivity index (χ0) is 22.5. The molecule has 8 nitrogen and oxygen atoms in total. The van der Waals surface area contributed by atoms with Crippen LogP contribution in [0.1, 0.15) is 35.2 Å². The van der Waals surface area contributed by atoms with E-state index in [0.717, 1.165) is 17.7 Å². The number of benzene rings is 2. The van der Waals surface area contributed by atoms with Gasteiger partial charge in [0.15, 0.2) is 23.9 Å². The molecular formula is C24H27N3O5. The van der Waals surface area contributed by atoms with Crippen LogP contribution in [0.4, 0.5) is 0 Å². The lowest BCUT2D eigenvalue weighted by Crippen LogP contribution is -2.30. The molecule has 0 radical (unpaired) electrons. The van der Waals surface area contributed by atoms with Crippen molar-refractivity contribution < 1.29 is 23.5 Å². The molecule has 8 heteroatoms. The topological polar surface area (TPSA) is 86.9 Å². The lowest BCUT2D eigenvalue weighted by molar-refractivity contribution is -0.129. The first kappa shape index (κ1) is 21.7. The fourth-order valence-corrected chi connectivity index (χ4v) is 3.75. The van der Waals surface area contributed by atoms with Crippen LogP contribution in [0, 0.1) is 6.92 Å². The SMILES string of the molecule is COc1ccc(CC(=O)N2CCC(c3noc(COc4ccc(C)cc4)n3)C2)cc1OC. The van der Waals surface area contributed by atoms with Gasteiger partial charge in [0.1, 0.15) is 5.75 Å². The summed E-state index contributed by atoms with van der Waals surface area (Å²) in [5.74, 6) is 3.17. The molecule has 1 aromatic heterocycles. The normalized spacial score (nSPS) is 15.6. The molecule has 1 saturated heterocycles. The first-order valence-corrected chi connectivity index (χ1v) is 10.6. The number of aromatic nitrogens is 2. The maximum Gasteiger partial charge on any atom is 0.264 e. The third-order valence-electron chi connectivity index (χ3n) is 5.58. The Bertz CT molecular complexity index is 1060. The van der Waals surface area contributed by atoms with Crippen LogP contribution in [0.15, 0.2) is 47.0 Å². The molecule has 1 unspecified atom stereocenters. The highest BCUT2D eigenvalue weighted by Gasteiger charge is 2.30. The number of likely N-dealkylation sites (tertiary alicyclic amines) is 1. The predicted molar refractivity (Wildman–Crippen MR) is 117 cm³/mol. The van der Waals surface area contributed by atoms with Crippen LogP contribution < -0.4 is 14.2 Å². The Hall–Kier alpha value is -3.55. The minimum Gasteiger partial charge on any atom is -0.493 e. The maximum atomic E-state index is 12.8. The fraction of sp³-hybridized carbons (Fsp3) is 0.375. The van der Waals surface area contributed by atoms with Crippen LogP contribution in [-0.2, 0) is 17.8 Å². The summed E-state index contributed by atoms with van der Waals surface area (Å²) in [5, 5.41) is 4.11. The van der Waals surface area contributed by atoms with Gasteiger partial charge in [-0.15, -0.1) is 0 Å². The van der Waals surface area contributed by atoms with Crippen LogP contribution >= 0.6 is 0 Å². The van der Waals surface area contributed by atoms with Gasteiger partial charge in [-0.2, -0.15) is 4.98 Å². The average molecular weight is 437 g/mol. The molecule has 32 heavy (non-hydrogen) atoms. The molecule has 0 saturated carbocycles. The Morgan fingerprint density at radius 2 is 1.91 bits per heavy atom. The van der Waals surface area contributed by atoms with E-state index in [1.165, 1.54) is 5.56 Å². The van der Waals surface area contributed by atoms with Gasteiger partial charge in [0.25, 0.3) is 5.89 Å².